The van der Waals surface area contributed by atoms with Crippen LogP contribution in [0.1, 0.15) is 17.9 Å². The highest BCUT2D eigenvalue weighted by Crippen LogP contribution is 2.37. The number of hydrogen-bond acceptors (Lipinski definition) is 3. The molecule has 1 aromatic rings. The number of rotatable bonds is 1. The van der Waals surface area contributed by atoms with E-state index in [4.69, 9.17) is 4.52 Å². The Morgan fingerprint density at radius 1 is 1.62 bits per heavy atom. The first kappa shape index (κ1) is 7.33. The molecule has 1 aliphatic carbocycles. The maximum Gasteiger partial charge on any atom is 0.164 e. The molecule has 2 aliphatic rings. The van der Waals surface area contributed by atoms with E-state index in [0.29, 0.717) is 6.04 Å². The zero-order valence-corrected chi connectivity index (χ0v) is 7.58. The molecule has 0 bridgehead atoms. The first-order valence-electron chi connectivity index (χ1n) is 4.72. The highest BCUT2D eigenvalue weighted by atomic mass is 16.5. The number of nitrogens with zero attached hydrogens (tertiary/aromatic N) is 1. The molecule has 1 fully saturated rings. The molecule has 3 nitrogen and oxygen atoms in total. The molecule has 0 radical (unpaired) electrons. The van der Waals surface area contributed by atoms with Crippen LogP contribution in [-0.4, -0.2) is 17.7 Å². The summed E-state index contributed by atoms with van der Waals surface area (Å²) in [6.45, 7) is 3.10. The molecule has 1 saturated heterocycles. The van der Waals surface area contributed by atoms with E-state index in [1.165, 1.54) is 12.0 Å². The molecule has 3 rings (SSSR count). The van der Waals surface area contributed by atoms with Crippen LogP contribution in [0.4, 0.5) is 0 Å². The van der Waals surface area contributed by atoms with Crippen molar-refractivity contribution >= 4 is 5.57 Å². The third kappa shape index (κ3) is 0.968. The summed E-state index contributed by atoms with van der Waals surface area (Å²) in [5.41, 5.74) is 2.26. The number of aromatic nitrogens is 1. The number of hydrogen-bond donors (Lipinski definition) is 1. The lowest BCUT2D eigenvalue weighted by Crippen LogP contribution is -2.50. The van der Waals surface area contributed by atoms with Crippen molar-refractivity contribution in [1.82, 2.24) is 10.5 Å². The quantitative estimate of drug-likeness (QED) is 0.702. The fourth-order valence-corrected chi connectivity index (χ4v) is 2.14. The first-order chi connectivity index (χ1) is 6.34. The highest BCUT2D eigenvalue weighted by Gasteiger charge is 2.38. The van der Waals surface area contributed by atoms with Crippen molar-refractivity contribution in [2.24, 2.45) is 5.92 Å². The summed E-state index contributed by atoms with van der Waals surface area (Å²) in [5, 5.41) is 7.31. The maximum absolute atomic E-state index is 5.24. The van der Waals surface area contributed by atoms with Gasteiger partial charge in [0.15, 0.2) is 5.76 Å². The first-order valence-corrected chi connectivity index (χ1v) is 4.72. The SMILES string of the molecule is Cc1cc(C2=CC[C@H]3CN[C@@H]23)on1. The van der Waals surface area contributed by atoms with E-state index in [-0.39, 0.29) is 0 Å². The third-order valence-electron chi connectivity index (χ3n) is 2.96. The number of fused-ring (bicyclic) bond motifs is 1. The summed E-state index contributed by atoms with van der Waals surface area (Å²) >= 11 is 0. The van der Waals surface area contributed by atoms with Crippen molar-refractivity contribution in [3.8, 4) is 0 Å². The lowest BCUT2D eigenvalue weighted by Gasteiger charge is -2.33. The molecule has 2 atom stereocenters. The summed E-state index contributed by atoms with van der Waals surface area (Å²) in [4.78, 5) is 0. The highest BCUT2D eigenvalue weighted by molar-refractivity contribution is 5.69. The van der Waals surface area contributed by atoms with Crippen molar-refractivity contribution in [3.63, 3.8) is 0 Å². The largest absolute Gasteiger partial charge is 0.356 e. The Hall–Kier alpha value is -1.09. The van der Waals surface area contributed by atoms with E-state index in [1.807, 2.05) is 13.0 Å². The van der Waals surface area contributed by atoms with E-state index >= 15 is 0 Å². The van der Waals surface area contributed by atoms with Gasteiger partial charge in [0.1, 0.15) is 0 Å². The van der Waals surface area contributed by atoms with Gasteiger partial charge in [0, 0.05) is 24.2 Å². The van der Waals surface area contributed by atoms with E-state index in [1.54, 1.807) is 0 Å². The predicted molar refractivity (Wildman–Crippen MR) is 49.1 cm³/mol. The molecular weight excluding hydrogens is 164 g/mol. The van der Waals surface area contributed by atoms with Gasteiger partial charge in [-0.15, -0.1) is 0 Å². The third-order valence-corrected chi connectivity index (χ3v) is 2.96. The molecule has 0 aromatic carbocycles. The fraction of sp³-hybridized carbons (Fsp3) is 0.500. The van der Waals surface area contributed by atoms with Crippen molar-refractivity contribution < 1.29 is 4.52 Å². The monoisotopic (exact) mass is 176 g/mol. The van der Waals surface area contributed by atoms with Crippen LogP contribution in [0.2, 0.25) is 0 Å². The van der Waals surface area contributed by atoms with E-state index in [2.05, 4.69) is 16.5 Å². The molecule has 68 valence electrons. The van der Waals surface area contributed by atoms with Crippen LogP contribution in [0.15, 0.2) is 16.7 Å². The minimum atomic E-state index is 0.535. The van der Waals surface area contributed by atoms with Gasteiger partial charge >= 0.3 is 0 Å². The molecule has 1 aliphatic heterocycles. The molecule has 2 heterocycles. The Bertz CT molecular complexity index is 367. The van der Waals surface area contributed by atoms with Gasteiger partial charge in [-0.3, -0.25) is 0 Å². The Morgan fingerprint density at radius 3 is 3.08 bits per heavy atom. The van der Waals surface area contributed by atoms with Crippen molar-refractivity contribution in [1.29, 1.82) is 0 Å². The summed E-state index contributed by atoms with van der Waals surface area (Å²) in [6.07, 6.45) is 3.46. The zero-order valence-electron chi connectivity index (χ0n) is 7.58. The van der Waals surface area contributed by atoms with Crippen LogP contribution in [-0.2, 0) is 0 Å². The van der Waals surface area contributed by atoms with Gasteiger partial charge in [-0.05, 0) is 19.3 Å². The molecule has 0 amide bonds. The van der Waals surface area contributed by atoms with Crippen LogP contribution >= 0.6 is 0 Å². The molecule has 0 saturated carbocycles. The standard InChI is InChI=1S/C10H12N2O/c1-6-4-9(13-12-6)8-3-2-7-5-11-10(7)8/h3-4,7,10-11H,2,5H2,1H3/t7-,10+/m0/s1. The molecule has 1 N–H and O–H groups in total. The molecule has 3 heteroatoms. The maximum atomic E-state index is 5.24. The van der Waals surface area contributed by atoms with Gasteiger partial charge in [-0.2, -0.15) is 0 Å². The van der Waals surface area contributed by atoms with E-state index in [9.17, 15) is 0 Å². The summed E-state index contributed by atoms with van der Waals surface area (Å²) in [7, 11) is 0. The van der Waals surface area contributed by atoms with Crippen molar-refractivity contribution in [2.45, 2.75) is 19.4 Å². The van der Waals surface area contributed by atoms with Crippen molar-refractivity contribution in [3.05, 3.63) is 23.6 Å². The minimum Gasteiger partial charge on any atom is -0.356 e. The number of aryl methyl sites for hydroxylation is 1. The second kappa shape index (κ2) is 2.45. The van der Waals surface area contributed by atoms with Gasteiger partial charge in [-0.25, -0.2) is 0 Å². The summed E-state index contributed by atoms with van der Waals surface area (Å²) in [6, 6.07) is 2.54. The fourth-order valence-electron chi connectivity index (χ4n) is 2.14. The molecule has 13 heavy (non-hydrogen) atoms. The van der Waals surface area contributed by atoms with Crippen LogP contribution in [0.5, 0.6) is 0 Å². The second-order valence-electron chi connectivity index (χ2n) is 3.87. The zero-order chi connectivity index (χ0) is 8.84. The molecule has 0 unspecified atom stereocenters. The summed E-state index contributed by atoms with van der Waals surface area (Å²) in [5.74, 6) is 1.75. The average molecular weight is 176 g/mol. The van der Waals surface area contributed by atoms with Crippen LogP contribution in [0, 0.1) is 12.8 Å². The van der Waals surface area contributed by atoms with Gasteiger partial charge in [0.25, 0.3) is 0 Å². The Morgan fingerprint density at radius 2 is 2.54 bits per heavy atom. The van der Waals surface area contributed by atoms with E-state index in [0.717, 1.165) is 23.9 Å². The number of nitrogens with one attached hydrogen (secondary N) is 1. The smallest absolute Gasteiger partial charge is 0.164 e. The van der Waals surface area contributed by atoms with Gasteiger partial charge in [0.05, 0.1) is 5.69 Å². The number of allylic oxidation sites excluding steroid dienone is 1. The lowest BCUT2D eigenvalue weighted by atomic mass is 9.90. The van der Waals surface area contributed by atoms with Crippen molar-refractivity contribution in [2.75, 3.05) is 6.54 Å². The summed E-state index contributed by atoms with van der Waals surface area (Å²) < 4.78 is 5.24. The van der Waals surface area contributed by atoms with E-state index < -0.39 is 0 Å². The van der Waals surface area contributed by atoms with Gasteiger partial charge in [0.2, 0.25) is 0 Å². The van der Waals surface area contributed by atoms with Crippen LogP contribution < -0.4 is 5.32 Å². The van der Waals surface area contributed by atoms with Gasteiger partial charge in [-0.1, -0.05) is 11.2 Å². The second-order valence-corrected chi connectivity index (χ2v) is 3.87. The lowest BCUT2D eigenvalue weighted by molar-refractivity contribution is 0.301. The topological polar surface area (TPSA) is 38.1 Å². The van der Waals surface area contributed by atoms with Crippen LogP contribution in [0.3, 0.4) is 0 Å². The Balaban J connectivity index is 1.93. The molecule has 1 aromatic heterocycles. The average Bonchev–Trinajstić information content (AvgIpc) is 2.57. The molecule has 0 spiro atoms. The normalized spacial score (nSPS) is 31.0. The minimum absolute atomic E-state index is 0.535. The van der Waals surface area contributed by atoms with Crippen LogP contribution in [0.25, 0.3) is 5.57 Å². The Labute approximate surface area is 76.8 Å². The Kier molecular flexibility index (Phi) is 1.38. The molecular formula is C10H12N2O. The van der Waals surface area contributed by atoms with Gasteiger partial charge < -0.3 is 9.84 Å². The predicted octanol–water partition coefficient (Wildman–Crippen LogP) is 1.36.